The third-order valence-corrected chi connectivity index (χ3v) is 8.94. The summed E-state index contributed by atoms with van der Waals surface area (Å²) in [6, 6.07) is 10.8. The Labute approximate surface area is 248 Å². The fraction of sp³-hybridized carbons (Fsp3) is 0.423. The van der Waals surface area contributed by atoms with Gasteiger partial charge in [-0.05, 0) is 44.0 Å². The molecule has 234 valence electrons. The molecule has 11 nitrogen and oxygen atoms in total. The molecule has 6 unspecified atom stereocenters. The number of nitrogen functional groups attached to an aromatic ring is 1. The number of benzene rings is 2. The number of alkyl halides is 3. The maximum Gasteiger partial charge on any atom is 0.351 e. The van der Waals surface area contributed by atoms with E-state index in [-0.39, 0.29) is 10.3 Å². The first kappa shape index (κ1) is 32.8. The second-order valence-corrected chi connectivity index (χ2v) is 13.1. The van der Waals surface area contributed by atoms with Gasteiger partial charge in [0.1, 0.15) is 17.9 Å². The molecule has 3 aromatic rings. The van der Waals surface area contributed by atoms with E-state index in [1.165, 1.54) is 13.0 Å². The minimum Gasteiger partial charge on any atom is -0.462 e. The predicted molar refractivity (Wildman–Crippen MR) is 151 cm³/mol. The topological polar surface area (TPSA) is 147 Å². The van der Waals surface area contributed by atoms with Crippen LogP contribution in [0.4, 0.5) is 23.4 Å². The molecule has 2 aromatic carbocycles. The number of aliphatic hydroxyl groups excluding tert-OH is 1. The van der Waals surface area contributed by atoms with Crippen LogP contribution in [0, 0.1) is 5.82 Å². The van der Waals surface area contributed by atoms with Gasteiger partial charge in [0.05, 0.1) is 18.9 Å². The van der Waals surface area contributed by atoms with Crippen LogP contribution >= 0.6 is 6.64 Å². The SMILES string of the molecule is CC(C)OC(=O)C(C)NP(=S)(OCC1(C(F)F)OC(n2cc(F)c(N)nc2=O)C(F)C1O)Oc1cccc2ccccc12. The molecule has 4 N–H and O–H groups in total. The van der Waals surface area contributed by atoms with E-state index < -0.39 is 79.2 Å². The maximum absolute atomic E-state index is 15.3. The molecule has 0 bridgehead atoms. The first-order chi connectivity index (χ1) is 20.2. The minimum atomic E-state index is -4.02. The zero-order chi connectivity index (χ0) is 31.7. The summed E-state index contributed by atoms with van der Waals surface area (Å²) in [4.78, 5) is 28.0. The van der Waals surface area contributed by atoms with Gasteiger partial charge in [0.15, 0.2) is 29.6 Å². The van der Waals surface area contributed by atoms with E-state index in [0.717, 1.165) is 5.39 Å². The molecule has 43 heavy (non-hydrogen) atoms. The van der Waals surface area contributed by atoms with Crippen molar-refractivity contribution in [1.82, 2.24) is 14.6 Å². The molecule has 1 aromatic heterocycles. The van der Waals surface area contributed by atoms with Gasteiger partial charge >= 0.3 is 18.3 Å². The number of aliphatic hydroxyl groups is 1. The van der Waals surface area contributed by atoms with Crippen LogP contribution in [0.25, 0.3) is 10.8 Å². The summed E-state index contributed by atoms with van der Waals surface area (Å²) in [5.41, 5.74) is 0.822. The molecule has 0 radical (unpaired) electrons. The Balaban J connectivity index is 1.69. The minimum absolute atomic E-state index is 0.175. The van der Waals surface area contributed by atoms with E-state index in [4.69, 9.17) is 36.1 Å². The zero-order valence-electron chi connectivity index (χ0n) is 23.0. The Bertz CT molecular complexity index is 1590. The third-order valence-electron chi connectivity index (χ3n) is 6.48. The number of ether oxygens (including phenoxy) is 2. The Hall–Kier alpha value is -3.14. The third kappa shape index (κ3) is 6.84. The summed E-state index contributed by atoms with van der Waals surface area (Å²) >= 11 is 5.61. The number of carbonyl (C=O) groups excluding carboxylic acids is 1. The number of fused-ring (bicyclic) bond motifs is 1. The second-order valence-electron chi connectivity index (χ2n) is 9.99. The van der Waals surface area contributed by atoms with Gasteiger partial charge in [0.2, 0.25) is 0 Å². The number of nitrogens with one attached hydrogen (secondary N) is 1. The molecular weight excluding hydrogens is 619 g/mol. The molecule has 4 rings (SSSR count). The highest BCUT2D eigenvalue weighted by Crippen LogP contribution is 2.50. The van der Waals surface area contributed by atoms with E-state index in [1.54, 1.807) is 50.2 Å². The van der Waals surface area contributed by atoms with Crippen molar-refractivity contribution in [2.24, 2.45) is 0 Å². The van der Waals surface area contributed by atoms with Gasteiger partial charge in [0.25, 0.3) is 6.43 Å². The predicted octanol–water partition coefficient (Wildman–Crippen LogP) is 3.60. The van der Waals surface area contributed by atoms with E-state index in [2.05, 4.69) is 10.1 Å². The summed E-state index contributed by atoms with van der Waals surface area (Å²) in [6.07, 6.45) is -11.2. The highest BCUT2D eigenvalue weighted by atomic mass is 32.5. The van der Waals surface area contributed by atoms with Crippen molar-refractivity contribution in [2.75, 3.05) is 12.3 Å². The summed E-state index contributed by atoms with van der Waals surface area (Å²) in [6.45, 7) is -0.673. The van der Waals surface area contributed by atoms with Crippen molar-refractivity contribution in [3.63, 3.8) is 0 Å². The van der Waals surface area contributed by atoms with Crippen LogP contribution in [0.5, 0.6) is 5.75 Å². The molecule has 1 aliphatic rings. The standard InChI is InChI=1S/C26H29F4N4O7PS/c1-13(2)39-23(36)14(3)33-42(43,41-18-10-6-8-15-7-4-5-9-16(15)18)38-12-26(24(29)30)20(35)19(28)22(40-26)34-11-17(27)21(31)32-25(34)37/h4-11,13-14,19-20,22,24,35H,12H2,1-3H3,(H,33,43)(H2,31,32,37). The lowest BCUT2D eigenvalue weighted by molar-refractivity contribution is -0.192. The van der Waals surface area contributed by atoms with Crippen molar-refractivity contribution in [1.29, 1.82) is 0 Å². The van der Waals surface area contributed by atoms with Crippen molar-refractivity contribution in [3.8, 4) is 5.75 Å². The molecule has 0 saturated carbocycles. The second kappa shape index (κ2) is 12.8. The molecule has 1 aliphatic heterocycles. The van der Waals surface area contributed by atoms with Crippen molar-refractivity contribution in [3.05, 3.63) is 65.0 Å². The molecule has 1 saturated heterocycles. The van der Waals surface area contributed by atoms with Crippen molar-refractivity contribution in [2.45, 2.75) is 63.4 Å². The summed E-state index contributed by atoms with van der Waals surface area (Å²) in [7, 11) is 0. The van der Waals surface area contributed by atoms with Gasteiger partial charge in [-0.15, -0.1) is 0 Å². The molecule has 2 heterocycles. The number of carbonyl (C=O) groups is 1. The van der Waals surface area contributed by atoms with Gasteiger partial charge in [-0.25, -0.2) is 27.4 Å². The van der Waals surface area contributed by atoms with Crippen LogP contribution in [0.2, 0.25) is 0 Å². The largest absolute Gasteiger partial charge is 0.462 e. The highest BCUT2D eigenvalue weighted by Gasteiger charge is 2.62. The summed E-state index contributed by atoms with van der Waals surface area (Å²) < 4.78 is 80.9. The van der Waals surface area contributed by atoms with E-state index in [1.807, 2.05) is 0 Å². The smallest absolute Gasteiger partial charge is 0.351 e. The average Bonchev–Trinajstić information content (AvgIpc) is 3.20. The van der Waals surface area contributed by atoms with Crippen LogP contribution < -0.4 is 21.0 Å². The number of halogens is 4. The van der Waals surface area contributed by atoms with E-state index in [9.17, 15) is 27.9 Å². The summed E-state index contributed by atoms with van der Waals surface area (Å²) in [5, 5.41) is 14.7. The van der Waals surface area contributed by atoms with Crippen LogP contribution in [0.15, 0.2) is 53.5 Å². The number of nitrogens with zero attached hydrogens (tertiary/aromatic N) is 2. The Kier molecular flexibility index (Phi) is 9.79. The van der Waals surface area contributed by atoms with Crippen molar-refractivity contribution >= 4 is 41.0 Å². The van der Waals surface area contributed by atoms with Gasteiger partial charge in [-0.2, -0.15) is 4.98 Å². The number of nitrogens with two attached hydrogens (primary N) is 1. The van der Waals surface area contributed by atoms with Crippen LogP contribution in [0.3, 0.4) is 0 Å². The van der Waals surface area contributed by atoms with Crippen LogP contribution in [-0.2, 0) is 30.6 Å². The Morgan fingerprint density at radius 2 is 1.93 bits per heavy atom. The lowest BCUT2D eigenvalue weighted by Gasteiger charge is -2.34. The normalized spacial score (nSPS) is 24.3. The highest BCUT2D eigenvalue weighted by molar-refractivity contribution is 8.09. The number of hydrogen-bond acceptors (Lipinski definition) is 10. The quantitative estimate of drug-likeness (QED) is 0.159. The molecule has 1 fully saturated rings. The molecule has 17 heteroatoms. The van der Waals surface area contributed by atoms with E-state index in [0.29, 0.717) is 11.6 Å². The molecule has 6 atom stereocenters. The van der Waals surface area contributed by atoms with Gasteiger partial charge < -0.3 is 29.4 Å². The first-order valence-corrected chi connectivity index (χ1v) is 15.5. The number of esters is 1. The molecule has 0 amide bonds. The number of aromatic nitrogens is 2. The number of anilines is 1. The van der Waals surface area contributed by atoms with Gasteiger partial charge in [-0.3, -0.25) is 9.36 Å². The fourth-order valence-corrected chi connectivity index (χ4v) is 6.73. The lowest BCUT2D eigenvalue weighted by atomic mass is 9.97. The first-order valence-electron chi connectivity index (χ1n) is 12.9. The number of hydrogen-bond donors (Lipinski definition) is 3. The maximum atomic E-state index is 15.3. The molecule has 0 aliphatic carbocycles. The van der Waals surface area contributed by atoms with Crippen LogP contribution in [-0.4, -0.2) is 63.7 Å². The molecule has 0 spiro atoms. The summed E-state index contributed by atoms with van der Waals surface area (Å²) in [5.74, 6) is -2.63. The average molecular weight is 649 g/mol. The lowest BCUT2D eigenvalue weighted by Crippen LogP contribution is -2.52. The van der Waals surface area contributed by atoms with Crippen LogP contribution in [0.1, 0.15) is 27.0 Å². The Morgan fingerprint density at radius 1 is 1.26 bits per heavy atom. The monoisotopic (exact) mass is 648 g/mol. The van der Waals surface area contributed by atoms with Gasteiger partial charge in [0, 0.05) is 5.39 Å². The Morgan fingerprint density at radius 3 is 2.60 bits per heavy atom. The van der Waals surface area contributed by atoms with E-state index >= 15 is 4.39 Å². The van der Waals surface area contributed by atoms with Crippen molar-refractivity contribution < 1.29 is 46.0 Å². The fourth-order valence-electron chi connectivity index (χ4n) is 4.30. The molecular formula is C26H29F4N4O7PS. The van der Waals surface area contributed by atoms with Gasteiger partial charge in [-0.1, -0.05) is 36.4 Å². The number of rotatable bonds is 11. The zero-order valence-corrected chi connectivity index (χ0v) is 24.7.